The molecule has 0 bridgehead atoms. The molecule has 2 saturated heterocycles. The Labute approximate surface area is 301 Å². The van der Waals surface area contributed by atoms with Crippen molar-refractivity contribution in [3.05, 3.63) is 93.0 Å². The molecule has 0 aromatic heterocycles. The highest BCUT2D eigenvalue weighted by Gasteiger charge is 2.42. The van der Waals surface area contributed by atoms with Crippen LogP contribution in [0.4, 0.5) is 0 Å². The number of likely N-dealkylation sites (tertiary alicyclic amines) is 2. The highest BCUT2D eigenvalue weighted by Crippen LogP contribution is 2.50. The lowest BCUT2D eigenvalue weighted by molar-refractivity contribution is -0.149. The van der Waals surface area contributed by atoms with E-state index >= 15 is 0 Å². The van der Waals surface area contributed by atoms with E-state index in [0.29, 0.717) is 36.2 Å². The Hall–Kier alpha value is -4.08. The van der Waals surface area contributed by atoms with E-state index in [9.17, 15) is 19.8 Å². The molecule has 2 atom stereocenters. The highest BCUT2D eigenvalue weighted by atomic mass is 35.5. The number of hydrogen-bond acceptors (Lipinski definition) is 6. The van der Waals surface area contributed by atoms with Gasteiger partial charge in [-0.25, -0.2) is 0 Å². The van der Waals surface area contributed by atoms with Gasteiger partial charge in [0.05, 0.1) is 36.1 Å². The number of nitrogens with zero attached hydrogens (tertiary/aromatic N) is 2. The van der Waals surface area contributed by atoms with Crippen LogP contribution in [-0.2, 0) is 22.4 Å². The van der Waals surface area contributed by atoms with Gasteiger partial charge in [-0.1, -0.05) is 71.7 Å². The van der Waals surface area contributed by atoms with Crippen LogP contribution in [0, 0.1) is 11.8 Å². The number of hydrogen-bond donors (Lipinski definition) is 2. The molecule has 2 aliphatic carbocycles. The second kappa shape index (κ2) is 12.9. The van der Waals surface area contributed by atoms with Gasteiger partial charge >= 0.3 is 11.9 Å². The summed E-state index contributed by atoms with van der Waals surface area (Å²) in [5, 5.41) is 20.0. The SMILES string of the molecule is COc1cc(-c2cccc(-c3cccc(-c4cc5c(c(OC)c4)[C@@H](N4CC(C(=O)O)C4)CC5)c3Cl)c2Cl)cc2c1[C@@H](N1CC(C(=O)O)C1)CC2. The van der Waals surface area contributed by atoms with Crippen LogP contribution in [0.5, 0.6) is 11.5 Å². The van der Waals surface area contributed by atoms with Crippen LogP contribution < -0.4 is 9.47 Å². The third-order valence-corrected chi connectivity index (χ3v) is 12.1. The lowest BCUT2D eigenvalue weighted by atomic mass is 9.91. The maximum atomic E-state index is 11.4. The molecule has 258 valence electrons. The Morgan fingerprint density at radius 1 is 0.640 bits per heavy atom. The summed E-state index contributed by atoms with van der Waals surface area (Å²) < 4.78 is 11.9. The van der Waals surface area contributed by atoms with Crippen LogP contribution in [0.2, 0.25) is 10.0 Å². The maximum absolute atomic E-state index is 11.4. The third-order valence-electron chi connectivity index (χ3n) is 11.2. The second-order valence-corrected chi connectivity index (χ2v) is 14.7. The van der Waals surface area contributed by atoms with E-state index in [4.69, 9.17) is 32.7 Å². The number of carboxylic acid groups (broad SMARTS) is 2. The number of fused-ring (bicyclic) bond motifs is 2. The number of aryl methyl sites for hydroxylation is 2. The lowest BCUT2D eigenvalue weighted by Gasteiger charge is -2.41. The number of carbonyl (C=O) groups is 2. The summed E-state index contributed by atoms with van der Waals surface area (Å²) in [6.07, 6.45) is 3.62. The van der Waals surface area contributed by atoms with Gasteiger partial charge in [0.25, 0.3) is 0 Å². The average Bonchev–Trinajstić information content (AvgIpc) is 3.67. The van der Waals surface area contributed by atoms with Gasteiger partial charge in [-0.3, -0.25) is 19.4 Å². The fraction of sp³-hybridized carbons (Fsp3) is 0.350. The molecule has 4 aromatic carbocycles. The first-order chi connectivity index (χ1) is 24.2. The van der Waals surface area contributed by atoms with Gasteiger partial charge < -0.3 is 19.7 Å². The molecule has 2 heterocycles. The van der Waals surface area contributed by atoms with Crippen molar-refractivity contribution in [2.45, 2.75) is 37.8 Å². The molecule has 0 spiro atoms. The van der Waals surface area contributed by atoms with E-state index in [1.807, 2.05) is 48.5 Å². The maximum Gasteiger partial charge on any atom is 0.309 e. The monoisotopic (exact) mass is 712 g/mol. The van der Waals surface area contributed by atoms with E-state index in [1.165, 1.54) is 11.1 Å². The van der Waals surface area contributed by atoms with Crippen LogP contribution >= 0.6 is 23.2 Å². The van der Waals surface area contributed by atoms with Gasteiger partial charge in [0.2, 0.25) is 0 Å². The summed E-state index contributed by atoms with van der Waals surface area (Å²) in [5.74, 6) is -0.489. The van der Waals surface area contributed by atoms with Crippen molar-refractivity contribution in [2.24, 2.45) is 11.8 Å². The number of benzene rings is 4. The predicted octanol–water partition coefficient (Wildman–Crippen LogP) is 8.02. The van der Waals surface area contributed by atoms with Crippen molar-refractivity contribution < 1.29 is 29.3 Å². The normalized spacial score (nSPS) is 20.6. The predicted molar refractivity (Wildman–Crippen MR) is 193 cm³/mol. The van der Waals surface area contributed by atoms with E-state index < -0.39 is 11.9 Å². The van der Waals surface area contributed by atoms with Gasteiger partial charge in [0.15, 0.2) is 0 Å². The van der Waals surface area contributed by atoms with Gasteiger partial charge in [-0.05, 0) is 60.1 Å². The summed E-state index contributed by atoms with van der Waals surface area (Å²) in [7, 11) is 3.37. The number of ether oxygens (including phenoxy) is 2. The number of methoxy groups -OCH3 is 2. The molecule has 4 aliphatic rings. The molecule has 8 nitrogen and oxygen atoms in total. The van der Waals surface area contributed by atoms with Crippen molar-refractivity contribution in [2.75, 3.05) is 40.4 Å². The Bertz CT molecular complexity index is 1890. The second-order valence-electron chi connectivity index (χ2n) is 13.9. The Balaban J connectivity index is 1.11. The fourth-order valence-electron chi connectivity index (χ4n) is 8.56. The smallest absolute Gasteiger partial charge is 0.309 e. The first kappa shape index (κ1) is 33.1. The van der Waals surface area contributed by atoms with E-state index in [1.54, 1.807) is 14.2 Å². The van der Waals surface area contributed by atoms with Crippen LogP contribution in [0.1, 0.15) is 47.2 Å². The minimum atomic E-state index is -0.733. The molecule has 2 N–H and O–H groups in total. The van der Waals surface area contributed by atoms with Crippen molar-refractivity contribution in [1.29, 1.82) is 0 Å². The first-order valence-corrected chi connectivity index (χ1v) is 17.9. The van der Waals surface area contributed by atoms with E-state index in [2.05, 4.69) is 21.9 Å². The van der Waals surface area contributed by atoms with Gasteiger partial charge in [-0.2, -0.15) is 0 Å². The zero-order chi connectivity index (χ0) is 34.8. The standard InChI is InChI=1S/C40H38Cl2N2O6/c1-49-33-15-23(13-21-9-11-31(35(21)33)43-17-25(18-43)39(45)46)27-5-3-7-29(37(27)41)30-8-4-6-28(38(30)42)24-14-22-10-12-32(36(22)34(16-24)50-2)44-19-26(20-44)40(47)48/h3-8,13-16,25-26,31-32H,9-12,17-20H2,1-2H3,(H,45,46)(H,47,48)/t31-,32-/m0/s1. The Morgan fingerprint density at radius 2 is 1.02 bits per heavy atom. The molecule has 10 heteroatoms. The molecule has 0 saturated carbocycles. The van der Waals surface area contributed by atoms with Crippen LogP contribution in [0.15, 0.2) is 60.7 Å². The molecular weight excluding hydrogens is 675 g/mol. The molecule has 0 amide bonds. The molecule has 0 unspecified atom stereocenters. The molecule has 2 fully saturated rings. The largest absolute Gasteiger partial charge is 0.496 e. The zero-order valence-corrected chi connectivity index (χ0v) is 29.4. The van der Waals surface area contributed by atoms with Gasteiger partial charge in [0, 0.05) is 71.6 Å². The van der Waals surface area contributed by atoms with Gasteiger partial charge in [-0.15, -0.1) is 0 Å². The molecule has 0 radical (unpaired) electrons. The first-order valence-electron chi connectivity index (χ1n) is 17.1. The fourth-order valence-corrected chi connectivity index (χ4v) is 9.24. The van der Waals surface area contributed by atoms with E-state index in [-0.39, 0.29) is 23.9 Å². The van der Waals surface area contributed by atoms with Crippen molar-refractivity contribution in [3.63, 3.8) is 0 Å². The van der Waals surface area contributed by atoms with Crippen LogP contribution in [0.25, 0.3) is 33.4 Å². The minimum Gasteiger partial charge on any atom is -0.496 e. The van der Waals surface area contributed by atoms with E-state index in [0.717, 1.165) is 81.7 Å². The van der Waals surface area contributed by atoms with Gasteiger partial charge in [0.1, 0.15) is 11.5 Å². The summed E-state index contributed by atoms with van der Waals surface area (Å²) in [6.45, 7) is 2.24. The number of rotatable bonds is 9. The third kappa shape index (κ3) is 5.44. The number of halogens is 2. The Kier molecular flexibility index (Phi) is 8.54. The summed E-state index contributed by atoms with van der Waals surface area (Å²) in [6, 6.07) is 20.8. The topological polar surface area (TPSA) is 99.5 Å². The molecule has 50 heavy (non-hydrogen) atoms. The van der Waals surface area contributed by atoms with Crippen molar-refractivity contribution >= 4 is 35.1 Å². The quantitative estimate of drug-likeness (QED) is 0.180. The molecule has 8 rings (SSSR count). The summed E-state index contributed by atoms with van der Waals surface area (Å²) >= 11 is 14.5. The summed E-state index contributed by atoms with van der Waals surface area (Å²) in [4.78, 5) is 27.3. The number of aliphatic carboxylic acids is 2. The highest BCUT2D eigenvalue weighted by molar-refractivity contribution is 6.39. The summed E-state index contributed by atoms with van der Waals surface area (Å²) in [5.41, 5.74) is 10.0. The van der Waals surface area contributed by atoms with Crippen molar-refractivity contribution in [3.8, 4) is 44.9 Å². The lowest BCUT2D eigenvalue weighted by Crippen LogP contribution is -2.51. The van der Waals surface area contributed by atoms with Crippen LogP contribution in [-0.4, -0.2) is 72.4 Å². The number of carboxylic acids is 2. The Morgan fingerprint density at radius 3 is 1.38 bits per heavy atom. The molecule has 4 aromatic rings. The average molecular weight is 714 g/mol. The van der Waals surface area contributed by atoms with Crippen LogP contribution in [0.3, 0.4) is 0 Å². The molecule has 2 aliphatic heterocycles. The van der Waals surface area contributed by atoms with Crippen molar-refractivity contribution in [1.82, 2.24) is 9.80 Å². The minimum absolute atomic E-state index is 0.150. The molecular formula is C40H38Cl2N2O6. The zero-order valence-electron chi connectivity index (χ0n) is 27.9.